The van der Waals surface area contributed by atoms with Crippen molar-refractivity contribution in [3.8, 4) is 0 Å². The van der Waals surface area contributed by atoms with Gasteiger partial charge in [-0.25, -0.2) is 4.79 Å². The predicted octanol–water partition coefficient (Wildman–Crippen LogP) is 8.37. The van der Waals surface area contributed by atoms with E-state index in [1.165, 1.54) is 25.7 Å². The van der Waals surface area contributed by atoms with Crippen LogP contribution in [-0.4, -0.2) is 59.3 Å². The molecule has 0 aliphatic heterocycles. The van der Waals surface area contributed by atoms with E-state index in [0.717, 1.165) is 77.0 Å². The van der Waals surface area contributed by atoms with Crippen LogP contribution in [-0.2, 0) is 23.9 Å². The van der Waals surface area contributed by atoms with E-state index < -0.39 is 30.6 Å². The van der Waals surface area contributed by atoms with Crippen LogP contribution < -0.4 is 10.6 Å². The number of allylic oxidation sites excluding steroid dienone is 10. The van der Waals surface area contributed by atoms with Crippen molar-refractivity contribution in [1.29, 1.82) is 0 Å². The number of aliphatic hydroxyl groups is 1. The molecule has 0 aromatic heterocycles. The molecule has 0 aromatic rings. The number of hydrogen-bond acceptors (Lipinski definition) is 6. The molecule has 0 rings (SSSR count). The number of aliphatic carboxylic acids is 1. The van der Waals surface area contributed by atoms with Crippen LogP contribution in [0.5, 0.6) is 0 Å². The SMILES string of the molecule is CC/C=C\C/C=C\C/C=C\CCCCCCCCCC(=O)OC(/C=C\C/C=C\CC)/C=C\CCCCCC(=O)NCC(=O)NC(CO)C(=O)O. The number of carboxylic acids is 1. The van der Waals surface area contributed by atoms with Gasteiger partial charge in [0.1, 0.15) is 12.1 Å². The van der Waals surface area contributed by atoms with Crippen molar-refractivity contribution in [2.75, 3.05) is 13.2 Å². The highest BCUT2D eigenvalue weighted by atomic mass is 16.5. The number of ether oxygens (including phenoxy) is 1. The van der Waals surface area contributed by atoms with E-state index >= 15 is 0 Å². The highest BCUT2D eigenvalue weighted by molar-refractivity contribution is 5.87. The highest BCUT2D eigenvalue weighted by Gasteiger charge is 2.18. The maximum Gasteiger partial charge on any atom is 0.328 e. The van der Waals surface area contributed by atoms with E-state index in [4.69, 9.17) is 14.9 Å². The molecule has 0 aromatic carbocycles. The zero-order valence-electron chi connectivity index (χ0n) is 30.9. The summed E-state index contributed by atoms with van der Waals surface area (Å²) in [7, 11) is 0. The van der Waals surface area contributed by atoms with Gasteiger partial charge in [-0.3, -0.25) is 14.4 Å². The Kier molecular flexibility index (Phi) is 32.5. The van der Waals surface area contributed by atoms with Crippen LogP contribution in [0.25, 0.3) is 0 Å². The van der Waals surface area contributed by atoms with Gasteiger partial charge in [0, 0.05) is 12.8 Å². The molecule has 2 amide bonds. The highest BCUT2D eigenvalue weighted by Crippen LogP contribution is 2.12. The molecule has 9 nitrogen and oxygen atoms in total. The number of carboxylic acid groups (broad SMARTS) is 1. The second-order valence-electron chi connectivity index (χ2n) is 12.3. The van der Waals surface area contributed by atoms with Crippen LogP contribution in [0, 0.1) is 0 Å². The van der Waals surface area contributed by atoms with Crippen molar-refractivity contribution >= 4 is 23.8 Å². The molecule has 0 radical (unpaired) electrons. The summed E-state index contributed by atoms with van der Waals surface area (Å²) in [6.45, 7) is 3.17. The molecule has 0 aliphatic carbocycles. The molecule has 0 aliphatic rings. The molecule has 282 valence electrons. The van der Waals surface area contributed by atoms with Gasteiger partial charge in [-0.15, -0.1) is 0 Å². The Hall–Kier alpha value is -3.72. The molecule has 0 saturated carbocycles. The fourth-order valence-electron chi connectivity index (χ4n) is 4.80. The van der Waals surface area contributed by atoms with E-state index in [-0.39, 0.29) is 24.8 Å². The van der Waals surface area contributed by atoms with Gasteiger partial charge in [0.25, 0.3) is 0 Å². The van der Waals surface area contributed by atoms with Gasteiger partial charge < -0.3 is 25.6 Å². The number of hydrogen-bond donors (Lipinski definition) is 4. The van der Waals surface area contributed by atoms with Gasteiger partial charge in [0.05, 0.1) is 13.2 Å². The Morgan fingerprint density at radius 1 is 0.600 bits per heavy atom. The summed E-state index contributed by atoms with van der Waals surface area (Å²) >= 11 is 0. The molecular formula is C41H66N2O7. The molecule has 4 N–H and O–H groups in total. The van der Waals surface area contributed by atoms with Crippen LogP contribution in [0.15, 0.2) is 72.9 Å². The standard InChI is InChI=1S/C41H66N2O7/c1-3-5-7-9-10-11-12-13-14-15-16-17-18-19-20-25-29-33-40(47)50-36(30-26-22-8-6-4-2)31-27-23-21-24-28-32-38(45)42-34-39(46)43-37(35-44)41(48)49/h5-8,10-11,13-14,26-27,30-31,36-37,44H,3-4,9,12,15-25,28-29,32-35H2,1-2H3,(H,42,45)(H,43,46)(H,48,49)/b7-5-,8-6-,11-10-,14-13-,30-26-,31-27-. The van der Waals surface area contributed by atoms with Gasteiger partial charge in [-0.1, -0.05) is 113 Å². The average Bonchev–Trinajstić information content (AvgIpc) is 3.10. The van der Waals surface area contributed by atoms with Gasteiger partial charge >= 0.3 is 11.9 Å². The largest absolute Gasteiger partial charge is 0.480 e. The van der Waals surface area contributed by atoms with Crippen LogP contribution >= 0.6 is 0 Å². The van der Waals surface area contributed by atoms with E-state index in [9.17, 15) is 19.2 Å². The first-order valence-electron chi connectivity index (χ1n) is 18.9. The Morgan fingerprint density at radius 2 is 1.10 bits per heavy atom. The van der Waals surface area contributed by atoms with Gasteiger partial charge in [-0.2, -0.15) is 0 Å². The molecule has 0 bridgehead atoms. The Balaban J connectivity index is 4.21. The maximum atomic E-state index is 12.6. The molecule has 50 heavy (non-hydrogen) atoms. The fourth-order valence-corrected chi connectivity index (χ4v) is 4.80. The smallest absolute Gasteiger partial charge is 0.328 e. The summed E-state index contributed by atoms with van der Waals surface area (Å²) in [6, 6.07) is -1.39. The molecule has 0 fully saturated rings. The molecular weight excluding hydrogens is 632 g/mol. The van der Waals surface area contributed by atoms with Crippen molar-refractivity contribution in [2.24, 2.45) is 0 Å². The summed E-state index contributed by atoms with van der Waals surface area (Å²) in [5.74, 6) is -2.49. The third-order valence-corrected chi connectivity index (χ3v) is 7.66. The van der Waals surface area contributed by atoms with Crippen LogP contribution in [0.3, 0.4) is 0 Å². The lowest BCUT2D eigenvalue weighted by atomic mass is 10.1. The minimum Gasteiger partial charge on any atom is -0.480 e. The monoisotopic (exact) mass is 698 g/mol. The molecule has 2 atom stereocenters. The Morgan fingerprint density at radius 3 is 1.72 bits per heavy atom. The lowest BCUT2D eigenvalue weighted by Gasteiger charge is -2.12. The zero-order valence-corrected chi connectivity index (χ0v) is 30.9. The normalized spacial score (nSPS) is 13.3. The first kappa shape index (κ1) is 46.3. The van der Waals surface area contributed by atoms with E-state index in [1.807, 2.05) is 24.3 Å². The number of carbonyl (C=O) groups is 4. The maximum absolute atomic E-state index is 12.6. The number of nitrogens with one attached hydrogen (secondary N) is 2. The molecule has 0 saturated heterocycles. The molecule has 0 spiro atoms. The predicted molar refractivity (Wildman–Crippen MR) is 203 cm³/mol. The zero-order chi connectivity index (χ0) is 36.9. The summed E-state index contributed by atoms with van der Waals surface area (Å²) in [5, 5.41) is 22.4. The summed E-state index contributed by atoms with van der Waals surface area (Å²) in [5.41, 5.74) is 0. The number of aliphatic hydroxyl groups excluding tert-OH is 1. The fraction of sp³-hybridized carbons (Fsp3) is 0.610. The molecule has 0 heterocycles. The summed E-state index contributed by atoms with van der Waals surface area (Å²) in [6.07, 6.45) is 42.8. The number of unbranched alkanes of at least 4 members (excludes halogenated alkanes) is 10. The first-order valence-corrected chi connectivity index (χ1v) is 18.9. The second-order valence-corrected chi connectivity index (χ2v) is 12.3. The number of esters is 1. The van der Waals surface area contributed by atoms with E-state index in [2.05, 4.69) is 73.1 Å². The molecule has 9 heteroatoms. The summed E-state index contributed by atoms with van der Waals surface area (Å²) in [4.78, 5) is 47.1. The second kappa shape index (κ2) is 35.1. The number of amides is 2. The van der Waals surface area contributed by atoms with Crippen molar-refractivity contribution in [3.05, 3.63) is 72.9 Å². The number of carbonyl (C=O) groups excluding carboxylic acids is 3. The van der Waals surface area contributed by atoms with Crippen LogP contribution in [0.2, 0.25) is 0 Å². The third-order valence-electron chi connectivity index (χ3n) is 7.66. The van der Waals surface area contributed by atoms with Crippen molar-refractivity contribution in [3.63, 3.8) is 0 Å². The van der Waals surface area contributed by atoms with Gasteiger partial charge in [-0.05, 0) is 82.8 Å². The summed E-state index contributed by atoms with van der Waals surface area (Å²) < 4.78 is 5.75. The van der Waals surface area contributed by atoms with Crippen LogP contribution in [0.1, 0.15) is 136 Å². The van der Waals surface area contributed by atoms with Crippen molar-refractivity contribution < 1.29 is 34.1 Å². The Bertz CT molecular complexity index is 1070. The quantitative estimate of drug-likeness (QED) is 0.0314. The van der Waals surface area contributed by atoms with Crippen molar-refractivity contribution in [2.45, 2.75) is 148 Å². The van der Waals surface area contributed by atoms with Gasteiger partial charge in [0.15, 0.2) is 0 Å². The third kappa shape index (κ3) is 31.5. The average molecular weight is 699 g/mol. The lowest BCUT2D eigenvalue weighted by Crippen LogP contribution is -2.47. The van der Waals surface area contributed by atoms with E-state index in [0.29, 0.717) is 12.8 Å². The minimum atomic E-state index is -1.39. The van der Waals surface area contributed by atoms with Gasteiger partial charge in [0.2, 0.25) is 11.8 Å². The van der Waals surface area contributed by atoms with Crippen LogP contribution in [0.4, 0.5) is 0 Å². The van der Waals surface area contributed by atoms with Crippen molar-refractivity contribution in [1.82, 2.24) is 10.6 Å². The topological polar surface area (TPSA) is 142 Å². The first-order chi connectivity index (χ1) is 24.3. The Labute approximate surface area is 302 Å². The molecule has 2 unspecified atom stereocenters. The minimum absolute atomic E-state index is 0.179. The van der Waals surface area contributed by atoms with E-state index in [1.54, 1.807) is 0 Å². The number of rotatable bonds is 32. The lowest BCUT2D eigenvalue weighted by molar-refractivity contribution is -0.145.